The third kappa shape index (κ3) is 3.09. The van der Waals surface area contributed by atoms with Crippen LogP contribution in [-0.4, -0.2) is 13.0 Å². The Hall–Kier alpha value is -2.50. The highest BCUT2D eigenvalue weighted by atomic mass is 35.5. The summed E-state index contributed by atoms with van der Waals surface area (Å²) in [6.07, 6.45) is 0. The first-order chi connectivity index (χ1) is 11.5. The second-order valence-electron chi connectivity index (χ2n) is 4.95. The molecule has 0 aliphatic rings. The molecule has 1 amide bonds. The van der Waals surface area contributed by atoms with Crippen LogP contribution in [-0.2, 0) is 0 Å². The van der Waals surface area contributed by atoms with Crippen LogP contribution in [0.25, 0.3) is 11.0 Å². The van der Waals surface area contributed by atoms with Crippen LogP contribution < -0.4 is 15.6 Å². The van der Waals surface area contributed by atoms with Crippen molar-refractivity contribution in [3.05, 3.63) is 63.6 Å². The van der Waals surface area contributed by atoms with E-state index in [1.54, 1.807) is 36.4 Å². The van der Waals surface area contributed by atoms with Crippen molar-refractivity contribution in [2.75, 3.05) is 12.4 Å². The number of fused-ring (bicyclic) bond motifs is 1. The standard InChI is InChI=1S/C17H12Cl2N2O3/c1-23-14-4-2-3-9-7-11(16(20)24-15(9)14)17(22)21-13-8-10(18)5-6-12(13)19/h2-8,20H,1H3,(H,21,22). The second-order valence-corrected chi connectivity index (χ2v) is 5.79. The van der Waals surface area contributed by atoms with Gasteiger partial charge < -0.3 is 14.5 Å². The first kappa shape index (κ1) is 16.4. The molecule has 0 fully saturated rings. The number of ether oxygens (including phenoxy) is 1. The summed E-state index contributed by atoms with van der Waals surface area (Å²) in [5, 5.41) is 12.0. The number of hydrogen-bond acceptors (Lipinski definition) is 4. The van der Waals surface area contributed by atoms with Crippen molar-refractivity contribution >= 4 is 45.8 Å². The molecule has 24 heavy (non-hydrogen) atoms. The molecular weight excluding hydrogens is 351 g/mol. The summed E-state index contributed by atoms with van der Waals surface area (Å²) < 4.78 is 10.6. The Labute approximate surface area is 147 Å². The number of carbonyl (C=O) groups excluding carboxylic acids is 1. The van der Waals surface area contributed by atoms with Crippen molar-refractivity contribution < 1.29 is 13.9 Å². The van der Waals surface area contributed by atoms with Crippen LogP contribution in [0.4, 0.5) is 5.69 Å². The predicted molar refractivity (Wildman–Crippen MR) is 93.0 cm³/mol. The lowest BCUT2D eigenvalue weighted by Gasteiger charge is -2.09. The molecule has 7 heteroatoms. The fourth-order valence-electron chi connectivity index (χ4n) is 2.25. The molecule has 5 nitrogen and oxygen atoms in total. The molecule has 2 N–H and O–H groups in total. The smallest absolute Gasteiger partial charge is 0.261 e. The van der Waals surface area contributed by atoms with Crippen molar-refractivity contribution in [2.24, 2.45) is 0 Å². The Kier molecular flexibility index (Phi) is 4.46. The van der Waals surface area contributed by atoms with E-state index in [4.69, 9.17) is 37.8 Å². The van der Waals surface area contributed by atoms with Gasteiger partial charge in [-0.25, -0.2) is 0 Å². The molecule has 0 radical (unpaired) electrons. The lowest BCUT2D eigenvalue weighted by molar-refractivity contribution is 0.102. The van der Waals surface area contributed by atoms with Gasteiger partial charge >= 0.3 is 0 Å². The molecule has 0 bridgehead atoms. The van der Waals surface area contributed by atoms with Gasteiger partial charge in [0.05, 0.1) is 17.8 Å². The maximum Gasteiger partial charge on any atom is 0.261 e. The lowest BCUT2D eigenvalue weighted by Crippen LogP contribution is -2.21. The van der Waals surface area contributed by atoms with Gasteiger partial charge in [-0.15, -0.1) is 0 Å². The number of rotatable bonds is 3. The average molecular weight is 363 g/mol. The maximum absolute atomic E-state index is 12.5. The highest BCUT2D eigenvalue weighted by Crippen LogP contribution is 2.27. The summed E-state index contributed by atoms with van der Waals surface area (Å²) >= 11 is 12.0. The van der Waals surface area contributed by atoms with E-state index in [1.807, 2.05) is 0 Å². The second kappa shape index (κ2) is 6.55. The van der Waals surface area contributed by atoms with Crippen LogP contribution >= 0.6 is 23.2 Å². The van der Waals surface area contributed by atoms with Crippen LogP contribution in [0, 0.1) is 5.41 Å². The van der Waals surface area contributed by atoms with E-state index in [0.717, 1.165) is 0 Å². The zero-order chi connectivity index (χ0) is 17.3. The van der Waals surface area contributed by atoms with Crippen molar-refractivity contribution in [3.8, 4) is 5.75 Å². The SMILES string of the molecule is COc1cccc2cc(C(=O)Nc3cc(Cl)ccc3Cl)c(=N)oc12. The van der Waals surface area contributed by atoms with E-state index < -0.39 is 5.91 Å². The van der Waals surface area contributed by atoms with Crippen LogP contribution in [0.3, 0.4) is 0 Å². The van der Waals surface area contributed by atoms with E-state index in [2.05, 4.69) is 5.32 Å². The molecule has 3 rings (SSSR count). The molecule has 0 spiro atoms. The number of hydrogen-bond donors (Lipinski definition) is 2. The van der Waals surface area contributed by atoms with E-state index >= 15 is 0 Å². The Balaban J connectivity index is 2.03. The number of benzene rings is 2. The maximum atomic E-state index is 12.5. The normalized spacial score (nSPS) is 10.6. The molecule has 0 unspecified atom stereocenters. The number of methoxy groups -OCH3 is 1. The molecule has 0 aliphatic heterocycles. The fourth-order valence-corrected chi connectivity index (χ4v) is 2.58. The van der Waals surface area contributed by atoms with E-state index in [9.17, 15) is 4.79 Å². The average Bonchev–Trinajstić information content (AvgIpc) is 2.57. The summed E-state index contributed by atoms with van der Waals surface area (Å²) in [7, 11) is 1.51. The third-order valence-corrected chi connectivity index (χ3v) is 3.96. The molecule has 122 valence electrons. The minimum atomic E-state index is -0.516. The van der Waals surface area contributed by atoms with Crippen molar-refractivity contribution in [1.29, 1.82) is 5.41 Å². The first-order valence-corrected chi connectivity index (χ1v) is 7.67. The molecule has 3 aromatic rings. The number of amides is 1. The van der Waals surface area contributed by atoms with Gasteiger partial charge in [0.1, 0.15) is 5.56 Å². The van der Waals surface area contributed by atoms with Gasteiger partial charge in [-0.2, -0.15) is 0 Å². The van der Waals surface area contributed by atoms with Crippen molar-refractivity contribution in [1.82, 2.24) is 0 Å². The first-order valence-electron chi connectivity index (χ1n) is 6.91. The monoisotopic (exact) mass is 362 g/mol. The molecular formula is C17H12Cl2N2O3. The molecule has 1 aromatic heterocycles. The molecule has 0 atom stereocenters. The van der Waals surface area contributed by atoms with Gasteiger partial charge in [0.15, 0.2) is 11.3 Å². The molecule has 1 heterocycles. The van der Waals surface area contributed by atoms with E-state index in [0.29, 0.717) is 32.5 Å². The largest absolute Gasteiger partial charge is 0.493 e. The van der Waals surface area contributed by atoms with Crippen LogP contribution in [0.5, 0.6) is 5.75 Å². The van der Waals surface area contributed by atoms with E-state index in [-0.39, 0.29) is 11.1 Å². The quantitative estimate of drug-likeness (QED) is 0.721. The van der Waals surface area contributed by atoms with Crippen molar-refractivity contribution in [2.45, 2.75) is 0 Å². The van der Waals surface area contributed by atoms with Gasteiger partial charge in [0, 0.05) is 10.4 Å². The molecule has 0 saturated heterocycles. The summed E-state index contributed by atoms with van der Waals surface area (Å²) in [5.41, 5.74) is 0.566. The predicted octanol–water partition coefficient (Wildman–Crippen LogP) is 4.48. The number of anilines is 1. The topological polar surface area (TPSA) is 75.3 Å². The minimum absolute atomic E-state index is 0.0757. The lowest BCUT2D eigenvalue weighted by atomic mass is 10.1. The van der Waals surface area contributed by atoms with Crippen LogP contribution in [0.15, 0.2) is 46.9 Å². The Morgan fingerprint density at radius 3 is 2.75 bits per heavy atom. The number of nitrogens with one attached hydrogen (secondary N) is 2. The highest BCUT2D eigenvalue weighted by Gasteiger charge is 2.15. The number of halogens is 2. The van der Waals surface area contributed by atoms with Crippen molar-refractivity contribution in [3.63, 3.8) is 0 Å². The molecule has 0 saturated carbocycles. The summed E-state index contributed by atoms with van der Waals surface area (Å²) in [6, 6.07) is 11.6. The summed E-state index contributed by atoms with van der Waals surface area (Å²) in [4.78, 5) is 12.5. The van der Waals surface area contributed by atoms with Gasteiger partial charge in [0.2, 0.25) is 5.55 Å². The van der Waals surface area contributed by atoms with Gasteiger partial charge in [-0.1, -0.05) is 35.3 Å². The molecule has 0 aliphatic carbocycles. The van der Waals surface area contributed by atoms with Gasteiger partial charge in [0.25, 0.3) is 5.91 Å². The van der Waals surface area contributed by atoms with Gasteiger partial charge in [-0.05, 0) is 30.3 Å². The summed E-state index contributed by atoms with van der Waals surface area (Å²) in [5.74, 6) is -0.0246. The zero-order valence-electron chi connectivity index (χ0n) is 12.5. The Morgan fingerprint density at radius 1 is 1.21 bits per heavy atom. The summed E-state index contributed by atoms with van der Waals surface area (Å²) in [6.45, 7) is 0. The Morgan fingerprint density at radius 2 is 2.00 bits per heavy atom. The number of carbonyl (C=O) groups is 1. The minimum Gasteiger partial charge on any atom is -0.493 e. The number of para-hydroxylation sites is 1. The molecule has 2 aromatic carbocycles. The zero-order valence-corrected chi connectivity index (χ0v) is 14.0. The Bertz CT molecular complexity index is 999. The third-order valence-electron chi connectivity index (χ3n) is 3.40. The highest BCUT2D eigenvalue weighted by molar-refractivity contribution is 6.35. The van der Waals surface area contributed by atoms with Crippen LogP contribution in [0.1, 0.15) is 10.4 Å². The van der Waals surface area contributed by atoms with Gasteiger partial charge in [-0.3, -0.25) is 10.2 Å². The van der Waals surface area contributed by atoms with Crippen LogP contribution in [0.2, 0.25) is 10.0 Å². The van der Waals surface area contributed by atoms with E-state index in [1.165, 1.54) is 13.2 Å². The fraction of sp³-hybridized carbons (Fsp3) is 0.0588.